The molecule has 3 aromatic carbocycles. The number of nitrogens with zero attached hydrogens (tertiary/aromatic N) is 5. The van der Waals surface area contributed by atoms with Crippen LogP contribution >= 0.6 is 23.2 Å². The summed E-state index contributed by atoms with van der Waals surface area (Å²) in [7, 11) is 0. The van der Waals surface area contributed by atoms with Crippen LogP contribution < -0.4 is 10.6 Å². The van der Waals surface area contributed by atoms with E-state index in [2.05, 4.69) is 20.6 Å². The van der Waals surface area contributed by atoms with Crippen molar-refractivity contribution in [1.29, 1.82) is 0 Å². The van der Waals surface area contributed by atoms with Gasteiger partial charge in [0, 0.05) is 58.8 Å². The molecule has 2 amide bonds. The van der Waals surface area contributed by atoms with Crippen LogP contribution in [0.3, 0.4) is 0 Å². The van der Waals surface area contributed by atoms with Crippen molar-refractivity contribution in [3.63, 3.8) is 0 Å². The molecule has 0 saturated carbocycles. The van der Waals surface area contributed by atoms with E-state index in [1.165, 1.54) is 6.08 Å². The molecule has 2 N–H and O–H groups in total. The van der Waals surface area contributed by atoms with Crippen molar-refractivity contribution in [2.24, 2.45) is 0 Å². The Hall–Kier alpha value is -6.36. The molecule has 4 aromatic heterocycles. The maximum absolute atomic E-state index is 14.2. The number of hydrogen-bond donors (Lipinski definition) is 2. The predicted molar refractivity (Wildman–Crippen MR) is 206 cm³/mol. The zero-order valence-corrected chi connectivity index (χ0v) is 29.8. The second-order valence-corrected chi connectivity index (χ2v) is 12.9. The van der Waals surface area contributed by atoms with Gasteiger partial charge in [0.1, 0.15) is 0 Å². The number of nitrogens with one attached hydrogen (secondary N) is 2. The third-order valence-electron chi connectivity index (χ3n) is 8.56. The molecule has 0 unspecified atom stereocenters. The molecule has 7 aromatic rings. The number of carbonyl (C=O) groups excluding carboxylic acids is 3. The summed E-state index contributed by atoms with van der Waals surface area (Å²) in [5, 5.41) is 6.89. The van der Waals surface area contributed by atoms with E-state index >= 15 is 0 Å². The van der Waals surface area contributed by atoms with Gasteiger partial charge in [-0.3, -0.25) is 24.4 Å². The third kappa shape index (κ3) is 7.64. The van der Waals surface area contributed by atoms with E-state index in [0.717, 1.165) is 33.7 Å². The Labute approximate surface area is 314 Å². The van der Waals surface area contributed by atoms with E-state index in [1.54, 1.807) is 84.1 Å². The molecule has 262 valence electrons. The minimum absolute atomic E-state index is 0.147. The Morgan fingerprint density at radius 2 is 1.68 bits per heavy atom. The van der Waals surface area contributed by atoms with E-state index in [-0.39, 0.29) is 39.8 Å². The van der Waals surface area contributed by atoms with Crippen molar-refractivity contribution in [1.82, 2.24) is 34.7 Å². The molecule has 7 rings (SSSR count). The molecule has 0 aliphatic heterocycles. The van der Waals surface area contributed by atoms with Crippen molar-refractivity contribution < 1.29 is 14.4 Å². The van der Waals surface area contributed by atoms with E-state index in [4.69, 9.17) is 28.2 Å². The summed E-state index contributed by atoms with van der Waals surface area (Å²) in [6.07, 6.45) is 11.8. The van der Waals surface area contributed by atoms with Gasteiger partial charge in [0.25, 0.3) is 5.91 Å². The average Bonchev–Trinajstić information content (AvgIpc) is 3.89. The highest BCUT2D eigenvalue weighted by Crippen LogP contribution is 2.35. The second-order valence-electron chi connectivity index (χ2n) is 12.1. The minimum Gasteiger partial charge on any atom is -0.347 e. The normalized spacial score (nSPS) is 11.2. The standard InChI is InChI=1S/C41H31Cl2N7O3/c1-26-22-35(49-21-19-44-25-49)31-8-4-9-32(39(31)48-26)40(52)37-33(42)15-16-34(38(37)43)50-20-5-7-30(50)24-46-36(51)17-12-27-10-13-28(14-11-27)41(53)47-23-29-6-2-3-18-45-29/h2-22,25H,23-24H2,1H3,(H,46,51)(H,47,53). The Morgan fingerprint density at radius 3 is 2.45 bits per heavy atom. The first-order valence-electron chi connectivity index (χ1n) is 16.6. The van der Waals surface area contributed by atoms with Gasteiger partial charge < -0.3 is 19.8 Å². The lowest BCUT2D eigenvalue weighted by Gasteiger charge is -2.16. The number of carbonyl (C=O) groups is 3. The largest absolute Gasteiger partial charge is 0.347 e. The summed E-state index contributed by atoms with van der Waals surface area (Å²) in [6.45, 7) is 2.37. The lowest BCUT2D eigenvalue weighted by molar-refractivity contribution is -0.116. The number of halogens is 2. The molecule has 12 heteroatoms. The van der Waals surface area contributed by atoms with Gasteiger partial charge in [-0.15, -0.1) is 0 Å². The summed E-state index contributed by atoms with van der Waals surface area (Å²) in [4.78, 5) is 52.7. The van der Waals surface area contributed by atoms with Crippen LogP contribution in [0.1, 0.15) is 48.9 Å². The molecule has 10 nitrogen and oxygen atoms in total. The fourth-order valence-corrected chi connectivity index (χ4v) is 6.58. The quantitative estimate of drug-likeness (QED) is 0.104. The Bertz CT molecular complexity index is 2490. The fourth-order valence-electron chi connectivity index (χ4n) is 5.95. The highest BCUT2D eigenvalue weighted by molar-refractivity contribution is 6.42. The second kappa shape index (κ2) is 15.5. The first-order chi connectivity index (χ1) is 25.8. The van der Waals surface area contributed by atoms with Gasteiger partial charge in [-0.1, -0.05) is 53.5 Å². The highest BCUT2D eigenvalue weighted by atomic mass is 35.5. The number of benzene rings is 3. The van der Waals surface area contributed by atoms with Crippen LogP contribution in [0.2, 0.25) is 10.0 Å². The van der Waals surface area contributed by atoms with Crippen molar-refractivity contribution in [2.45, 2.75) is 20.0 Å². The zero-order valence-electron chi connectivity index (χ0n) is 28.3. The average molecular weight is 741 g/mol. The molecule has 0 saturated heterocycles. The van der Waals surface area contributed by atoms with Gasteiger partial charge in [0.2, 0.25) is 5.91 Å². The van der Waals surface area contributed by atoms with E-state index in [0.29, 0.717) is 28.9 Å². The van der Waals surface area contributed by atoms with Crippen LogP contribution in [0.5, 0.6) is 0 Å². The van der Waals surface area contributed by atoms with Gasteiger partial charge in [-0.25, -0.2) is 4.98 Å². The Kier molecular flexibility index (Phi) is 10.2. The number of rotatable bonds is 11. The molecule has 0 spiro atoms. The van der Waals surface area contributed by atoms with Crippen LogP contribution in [-0.4, -0.2) is 41.7 Å². The fraction of sp³-hybridized carbons (Fsp3) is 0.0732. The van der Waals surface area contributed by atoms with Crippen LogP contribution in [0.4, 0.5) is 0 Å². The summed E-state index contributed by atoms with van der Waals surface area (Å²) in [6, 6.07) is 26.9. The molecule has 4 heterocycles. The van der Waals surface area contributed by atoms with Crippen LogP contribution in [-0.2, 0) is 17.9 Å². The number of amides is 2. The summed E-state index contributed by atoms with van der Waals surface area (Å²) in [5.41, 5.74) is 5.87. The number of pyridine rings is 2. The smallest absolute Gasteiger partial charge is 0.251 e. The molecule has 0 fully saturated rings. The number of fused-ring (bicyclic) bond motifs is 1. The summed E-state index contributed by atoms with van der Waals surface area (Å²) in [5.74, 6) is -0.903. The first-order valence-corrected chi connectivity index (χ1v) is 17.3. The van der Waals surface area contributed by atoms with Crippen molar-refractivity contribution in [3.8, 4) is 11.4 Å². The van der Waals surface area contributed by atoms with Crippen molar-refractivity contribution in [2.75, 3.05) is 0 Å². The minimum atomic E-state index is -0.368. The molecule has 0 atom stereocenters. The van der Waals surface area contributed by atoms with E-state index in [1.807, 2.05) is 60.2 Å². The predicted octanol–water partition coefficient (Wildman–Crippen LogP) is 7.71. The summed E-state index contributed by atoms with van der Waals surface area (Å²) < 4.78 is 3.68. The van der Waals surface area contributed by atoms with Gasteiger partial charge in [0.05, 0.1) is 57.6 Å². The lowest BCUT2D eigenvalue weighted by Crippen LogP contribution is -2.23. The molecule has 0 bridgehead atoms. The van der Waals surface area contributed by atoms with Crippen molar-refractivity contribution >= 4 is 57.8 Å². The Morgan fingerprint density at radius 1 is 0.830 bits per heavy atom. The molecule has 0 aliphatic carbocycles. The van der Waals surface area contributed by atoms with Crippen molar-refractivity contribution in [3.05, 3.63) is 178 Å². The monoisotopic (exact) mass is 739 g/mol. The maximum Gasteiger partial charge on any atom is 0.251 e. The topological polar surface area (TPSA) is 124 Å². The van der Waals surface area contributed by atoms with Gasteiger partial charge in [-0.2, -0.15) is 0 Å². The van der Waals surface area contributed by atoms with Crippen LogP contribution in [0, 0.1) is 6.92 Å². The van der Waals surface area contributed by atoms with E-state index in [9.17, 15) is 14.4 Å². The van der Waals surface area contributed by atoms with Gasteiger partial charge in [-0.05, 0) is 79.2 Å². The number of aromatic nitrogens is 5. The maximum atomic E-state index is 14.2. The number of hydrogen-bond acceptors (Lipinski definition) is 6. The number of aryl methyl sites for hydroxylation is 1. The van der Waals surface area contributed by atoms with Gasteiger partial charge in [0.15, 0.2) is 5.78 Å². The number of imidazole rings is 1. The van der Waals surface area contributed by atoms with Crippen LogP contribution in [0.25, 0.3) is 28.4 Å². The number of ketones is 1. The molecule has 0 aliphatic rings. The van der Waals surface area contributed by atoms with E-state index < -0.39 is 0 Å². The zero-order chi connectivity index (χ0) is 36.9. The first kappa shape index (κ1) is 35.1. The number of para-hydroxylation sites is 1. The summed E-state index contributed by atoms with van der Waals surface area (Å²) >= 11 is 13.6. The van der Waals surface area contributed by atoms with Crippen LogP contribution in [0.15, 0.2) is 128 Å². The third-order valence-corrected chi connectivity index (χ3v) is 9.26. The molecule has 0 radical (unpaired) electrons. The lowest BCUT2D eigenvalue weighted by atomic mass is 9.98. The SMILES string of the molecule is Cc1cc(-n2ccnc2)c2cccc(C(=O)c3c(Cl)ccc(-n4cccc4CNC(=O)C=Cc4ccc(C(=O)NCc5ccccn5)cc4)c3Cl)c2n1. The molecular weight excluding hydrogens is 709 g/mol. The molecule has 53 heavy (non-hydrogen) atoms. The van der Waals surface area contributed by atoms with Gasteiger partial charge >= 0.3 is 0 Å². The Balaban J connectivity index is 1.05. The highest BCUT2D eigenvalue weighted by Gasteiger charge is 2.24. The molecular formula is C41H31Cl2N7O3.